The number of amides is 1. The third-order valence-electron chi connectivity index (χ3n) is 6.58. The summed E-state index contributed by atoms with van der Waals surface area (Å²) in [6.45, 7) is 5.99. The zero-order valence-corrected chi connectivity index (χ0v) is 18.7. The predicted octanol–water partition coefficient (Wildman–Crippen LogP) is 1.05. The molecule has 1 amide bonds. The molecule has 4 rings (SSSR count). The average molecular weight is 468 g/mol. The summed E-state index contributed by atoms with van der Waals surface area (Å²) in [5, 5.41) is 24.7. The van der Waals surface area contributed by atoms with Crippen molar-refractivity contribution in [1.82, 2.24) is 15.2 Å². The first-order valence-electron chi connectivity index (χ1n) is 9.69. The second-order valence-corrected chi connectivity index (χ2v) is 8.44. The number of aliphatic hydroxyl groups excluding tert-OH is 2. The summed E-state index contributed by atoms with van der Waals surface area (Å²) >= 11 is 5.90. The van der Waals surface area contributed by atoms with Crippen LogP contribution in [0.5, 0.6) is 0 Å². The second kappa shape index (κ2) is 9.98. The van der Waals surface area contributed by atoms with E-state index in [4.69, 9.17) is 11.6 Å². The maximum Gasteiger partial charge on any atom is 0.226 e. The highest BCUT2D eigenvalue weighted by molar-refractivity contribution is 6.30. The Morgan fingerprint density at radius 2 is 1.76 bits per heavy atom. The molecule has 1 aliphatic carbocycles. The Morgan fingerprint density at radius 1 is 1.10 bits per heavy atom. The number of aromatic nitrogens is 1. The molecule has 1 saturated carbocycles. The first-order chi connectivity index (χ1) is 13.0. The number of fused-ring (bicyclic) bond motifs is 1. The summed E-state index contributed by atoms with van der Waals surface area (Å²) in [6, 6.07) is 3.72. The minimum atomic E-state index is -0.848. The zero-order valence-electron chi connectivity index (χ0n) is 16.3. The van der Waals surface area contributed by atoms with E-state index in [9.17, 15) is 15.0 Å². The Bertz CT molecular complexity index is 688. The van der Waals surface area contributed by atoms with Crippen molar-refractivity contribution in [3.63, 3.8) is 0 Å². The molecule has 3 heterocycles. The van der Waals surface area contributed by atoms with E-state index in [1.807, 2.05) is 24.0 Å². The van der Waals surface area contributed by atoms with Gasteiger partial charge < -0.3 is 25.3 Å². The smallest absolute Gasteiger partial charge is 0.226 e. The van der Waals surface area contributed by atoms with Gasteiger partial charge in [0.05, 0.1) is 17.2 Å². The van der Waals surface area contributed by atoms with E-state index in [1.165, 1.54) is 0 Å². The number of piperazine rings is 1. The minimum absolute atomic E-state index is 0. The fourth-order valence-electron chi connectivity index (χ4n) is 4.98. The number of anilines is 1. The summed E-state index contributed by atoms with van der Waals surface area (Å²) in [5.41, 5.74) is 0. The van der Waals surface area contributed by atoms with Gasteiger partial charge in [-0.15, -0.1) is 24.8 Å². The number of carbonyl (C=O) groups excluding carboxylic acids is 1. The normalized spacial score (nSPS) is 34.1. The van der Waals surface area contributed by atoms with E-state index >= 15 is 0 Å². The van der Waals surface area contributed by atoms with Crippen LogP contribution in [0, 0.1) is 23.7 Å². The summed E-state index contributed by atoms with van der Waals surface area (Å²) in [5.74, 6) is 0.520. The summed E-state index contributed by atoms with van der Waals surface area (Å²) in [4.78, 5) is 21.7. The molecular formula is C19H29Cl3N4O3. The van der Waals surface area contributed by atoms with Crippen molar-refractivity contribution in [3.05, 3.63) is 23.4 Å². The highest BCUT2D eigenvalue weighted by atomic mass is 35.5. The molecule has 6 atom stereocenters. The lowest BCUT2D eigenvalue weighted by Crippen LogP contribution is -2.58. The van der Waals surface area contributed by atoms with Crippen LogP contribution in [0.3, 0.4) is 0 Å². The molecule has 0 radical (unpaired) electrons. The van der Waals surface area contributed by atoms with Crippen molar-refractivity contribution in [1.29, 1.82) is 0 Å². The molecule has 7 nitrogen and oxygen atoms in total. The highest BCUT2D eigenvalue weighted by Crippen LogP contribution is 2.42. The first-order valence-corrected chi connectivity index (χ1v) is 10.1. The molecule has 0 spiro atoms. The quantitative estimate of drug-likeness (QED) is 0.602. The van der Waals surface area contributed by atoms with E-state index in [-0.39, 0.29) is 54.4 Å². The highest BCUT2D eigenvalue weighted by Gasteiger charge is 2.53. The Morgan fingerprint density at radius 3 is 2.38 bits per heavy atom. The lowest BCUT2D eigenvalue weighted by atomic mass is 9.65. The fraction of sp³-hybridized carbons (Fsp3) is 0.684. The number of halogens is 3. The predicted molar refractivity (Wildman–Crippen MR) is 117 cm³/mol. The van der Waals surface area contributed by atoms with Gasteiger partial charge in [-0.05, 0) is 30.5 Å². The molecule has 1 aromatic rings. The number of nitrogens with zero attached hydrogens (tertiary/aromatic N) is 3. The molecule has 10 heteroatoms. The lowest BCUT2D eigenvalue weighted by Gasteiger charge is -2.46. The maximum absolute atomic E-state index is 13.3. The van der Waals surface area contributed by atoms with Gasteiger partial charge in [-0.2, -0.15) is 0 Å². The van der Waals surface area contributed by atoms with Gasteiger partial charge in [0.2, 0.25) is 5.91 Å². The Kier molecular flexibility index (Phi) is 8.41. The monoisotopic (exact) mass is 466 g/mol. The standard InChI is InChI=1S/C19H27ClN4O3.2ClH/c1-11-16(13-9-21-10-14(13)18(26)17(11)25)19(27)24-6-4-23(5-7-24)15-3-2-12(20)8-22-15;;/h2-3,8,11,13-14,16-18,21,25-26H,4-7,9-10H2,1H3;2*1H/t11-,13+,14+,16+,17+,18+;;/m1../s1. The number of pyridine rings is 1. The molecular weight excluding hydrogens is 439 g/mol. The number of hydrogen-bond donors (Lipinski definition) is 3. The van der Waals surface area contributed by atoms with Gasteiger partial charge in [0.25, 0.3) is 0 Å². The topological polar surface area (TPSA) is 88.9 Å². The van der Waals surface area contributed by atoms with Crippen LogP contribution >= 0.6 is 36.4 Å². The molecule has 29 heavy (non-hydrogen) atoms. The number of aliphatic hydroxyl groups is 2. The largest absolute Gasteiger partial charge is 0.390 e. The molecule has 0 aromatic carbocycles. The van der Waals surface area contributed by atoms with Crippen molar-refractivity contribution >= 4 is 48.1 Å². The van der Waals surface area contributed by atoms with Crippen LogP contribution in [-0.2, 0) is 4.79 Å². The number of hydrogen-bond acceptors (Lipinski definition) is 6. The van der Waals surface area contributed by atoms with E-state index < -0.39 is 12.2 Å². The van der Waals surface area contributed by atoms with Gasteiger partial charge in [0.1, 0.15) is 5.82 Å². The molecule has 3 fully saturated rings. The molecule has 164 valence electrons. The van der Waals surface area contributed by atoms with Crippen LogP contribution in [0.15, 0.2) is 18.3 Å². The van der Waals surface area contributed by atoms with Crippen LogP contribution in [0.2, 0.25) is 5.02 Å². The van der Waals surface area contributed by atoms with Gasteiger partial charge in [-0.1, -0.05) is 18.5 Å². The van der Waals surface area contributed by atoms with Crippen molar-refractivity contribution in [2.75, 3.05) is 44.2 Å². The van der Waals surface area contributed by atoms with Crippen LogP contribution < -0.4 is 10.2 Å². The van der Waals surface area contributed by atoms with Gasteiger partial charge in [-0.25, -0.2) is 4.98 Å². The fourth-order valence-corrected chi connectivity index (χ4v) is 5.09. The minimum Gasteiger partial charge on any atom is -0.390 e. The second-order valence-electron chi connectivity index (χ2n) is 8.00. The average Bonchev–Trinajstić information content (AvgIpc) is 3.16. The van der Waals surface area contributed by atoms with Crippen LogP contribution in [0.1, 0.15) is 6.92 Å². The third-order valence-corrected chi connectivity index (χ3v) is 6.80. The van der Waals surface area contributed by atoms with Gasteiger partial charge in [0.15, 0.2) is 0 Å². The van der Waals surface area contributed by atoms with Crippen molar-refractivity contribution < 1.29 is 15.0 Å². The lowest BCUT2D eigenvalue weighted by molar-refractivity contribution is -0.155. The number of carbonyl (C=O) groups is 1. The van der Waals surface area contributed by atoms with Crippen LogP contribution in [0.4, 0.5) is 5.82 Å². The first kappa shape index (κ1) is 24.4. The van der Waals surface area contributed by atoms with Crippen molar-refractivity contribution in [2.45, 2.75) is 19.1 Å². The summed E-state index contributed by atoms with van der Waals surface area (Å²) < 4.78 is 0. The summed E-state index contributed by atoms with van der Waals surface area (Å²) in [6.07, 6.45) is 0.0365. The van der Waals surface area contributed by atoms with Gasteiger partial charge >= 0.3 is 0 Å². The van der Waals surface area contributed by atoms with E-state index in [0.717, 1.165) is 25.5 Å². The summed E-state index contributed by atoms with van der Waals surface area (Å²) in [7, 11) is 0. The number of rotatable bonds is 2. The molecule has 2 saturated heterocycles. The van der Waals surface area contributed by atoms with E-state index in [2.05, 4.69) is 15.2 Å². The van der Waals surface area contributed by atoms with Crippen LogP contribution in [0.25, 0.3) is 0 Å². The van der Waals surface area contributed by atoms with Gasteiger partial charge in [0, 0.05) is 50.8 Å². The van der Waals surface area contributed by atoms with Gasteiger partial charge in [-0.3, -0.25) is 4.79 Å². The third kappa shape index (κ3) is 4.60. The molecule has 3 N–H and O–H groups in total. The Hall–Kier alpha value is -0.830. The molecule has 2 aliphatic heterocycles. The van der Waals surface area contributed by atoms with Crippen molar-refractivity contribution in [3.8, 4) is 0 Å². The molecule has 1 aromatic heterocycles. The Labute approximate surface area is 188 Å². The maximum atomic E-state index is 13.3. The Balaban J connectivity index is 0.00000150. The number of nitrogens with one attached hydrogen (secondary N) is 1. The molecule has 0 unspecified atom stereocenters. The molecule has 3 aliphatic rings. The zero-order chi connectivity index (χ0) is 19.1. The molecule has 0 bridgehead atoms. The van der Waals surface area contributed by atoms with Crippen molar-refractivity contribution in [2.24, 2.45) is 23.7 Å². The SMILES string of the molecule is C[C@H]1[C@H](O)[C@@H](O)[C@H]2CNC[C@@H]2[C@H]1C(=O)N1CCN(c2ccc(Cl)cn2)CC1.Cl.Cl. The van der Waals surface area contributed by atoms with E-state index in [1.54, 1.807) is 6.20 Å². The van der Waals surface area contributed by atoms with E-state index in [0.29, 0.717) is 24.7 Å². The van der Waals surface area contributed by atoms with Crippen LogP contribution in [-0.4, -0.2) is 77.5 Å².